The molecule has 1 N–H and O–H groups in total. The fourth-order valence-electron chi connectivity index (χ4n) is 3.45. The van der Waals surface area contributed by atoms with Gasteiger partial charge in [-0.2, -0.15) is 0 Å². The minimum absolute atomic E-state index is 0. The van der Waals surface area contributed by atoms with Crippen molar-refractivity contribution >= 4 is 15.4 Å². The molecule has 0 saturated heterocycles. The molecule has 40 heavy (non-hydrogen) atoms. The molecule has 1 unspecified atom stereocenters. The summed E-state index contributed by atoms with van der Waals surface area (Å²) in [5.74, 6) is 2.13. The number of benzene rings is 4. The van der Waals surface area contributed by atoms with Crippen molar-refractivity contribution in [3.8, 4) is 17.2 Å². The summed E-state index contributed by atoms with van der Waals surface area (Å²) in [5, 5.41) is 9.92. The molecule has 0 fully saturated rings. The topological polar surface area (TPSA) is 68.2 Å². The predicted molar refractivity (Wildman–Crippen MR) is 158 cm³/mol. The van der Waals surface area contributed by atoms with Gasteiger partial charge in [-0.05, 0) is 75.0 Å². The van der Waals surface area contributed by atoms with Crippen LogP contribution in [0.4, 0.5) is 0 Å². The summed E-state index contributed by atoms with van der Waals surface area (Å²) in [7, 11) is 2.52. The van der Waals surface area contributed by atoms with Gasteiger partial charge < -0.3 is 23.6 Å². The zero-order chi connectivity index (χ0) is 28.5. The second-order valence-electron chi connectivity index (χ2n) is 8.63. The quantitative estimate of drug-likeness (QED) is 0.188. The normalized spacial score (nSPS) is 11.5. The van der Waals surface area contributed by atoms with Gasteiger partial charge in [0, 0.05) is 23.4 Å². The number of nitrogens with zero attached hydrogens (tertiary/aromatic N) is 1. The molecular formula is C32H36CrNO5P. The molecule has 0 amide bonds. The maximum atomic E-state index is 9.92. The van der Waals surface area contributed by atoms with Crippen LogP contribution in [0.2, 0.25) is 0 Å². The zero-order valence-corrected chi connectivity index (χ0v) is 25.4. The van der Waals surface area contributed by atoms with E-state index in [9.17, 15) is 5.11 Å². The van der Waals surface area contributed by atoms with Gasteiger partial charge in [0.1, 0.15) is 17.2 Å². The molecule has 0 spiro atoms. The van der Waals surface area contributed by atoms with Gasteiger partial charge in [0.15, 0.2) is 0 Å². The molecule has 0 saturated carbocycles. The minimum atomic E-state index is -1.59. The number of aliphatic hydroxyl groups excluding tert-OH is 1. The van der Waals surface area contributed by atoms with E-state index in [4.69, 9.17) is 18.4 Å². The molecule has 2 radical (unpaired) electrons. The van der Waals surface area contributed by atoms with Crippen molar-refractivity contribution in [3.05, 3.63) is 126 Å². The third-order valence-corrected chi connectivity index (χ3v) is 6.82. The van der Waals surface area contributed by atoms with Crippen LogP contribution in [0, 0.1) is 0 Å². The first-order chi connectivity index (χ1) is 19.0. The van der Waals surface area contributed by atoms with Crippen LogP contribution in [0.25, 0.3) is 0 Å². The van der Waals surface area contributed by atoms with Crippen molar-refractivity contribution < 1.29 is 40.8 Å². The summed E-state index contributed by atoms with van der Waals surface area (Å²) >= 11 is 0. The molecule has 6 nitrogen and oxygen atoms in total. The summed E-state index contributed by atoms with van der Waals surface area (Å²) in [6.07, 6.45) is 0.417. The molecule has 0 bridgehead atoms. The summed E-state index contributed by atoms with van der Waals surface area (Å²) in [5.41, 5.74) is 2.28. The van der Waals surface area contributed by atoms with Gasteiger partial charge in [0.2, 0.25) is 0 Å². The van der Waals surface area contributed by atoms with Crippen molar-refractivity contribution in [1.29, 1.82) is 0 Å². The molecule has 4 aromatic carbocycles. The smallest absolute Gasteiger partial charge is 0.409 e. The summed E-state index contributed by atoms with van der Waals surface area (Å²) in [4.78, 5) is 9.65. The maximum Gasteiger partial charge on any atom is 0.530 e. The fraction of sp³-hybridized carbons (Fsp3) is 0.219. The maximum absolute atomic E-state index is 9.92. The first-order valence-corrected chi connectivity index (χ1v) is 13.7. The van der Waals surface area contributed by atoms with Gasteiger partial charge in [-0.1, -0.05) is 85.8 Å². The molecule has 0 aliphatic rings. The van der Waals surface area contributed by atoms with Crippen LogP contribution in [0.1, 0.15) is 43.5 Å². The summed E-state index contributed by atoms with van der Waals surface area (Å²) < 4.78 is 17.5. The van der Waals surface area contributed by atoms with Crippen molar-refractivity contribution in [1.82, 2.24) is 4.90 Å². The Kier molecular flexibility index (Phi) is 17.3. The van der Waals surface area contributed by atoms with E-state index in [0.29, 0.717) is 23.3 Å². The van der Waals surface area contributed by atoms with Crippen molar-refractivity contribution in [2.45, 2.75) is 32.4 Å². The number of carbonyl (C=O) groups excluding carboxylic acids is 1. The summed E-state index contributed by atoms with van der Waals surface area (Å²) in [6.45, 7) is 8.66. The van der Waals surface area contributed by atoms with Crippen LogP contribution in [0.15, 0.2) is 115 Å². The predicted octanol–water partition coefficient (Wildman–Crippen LogP) is 7.80. The number of aliphatic hydroxyl groups is 1. The standard InChI is InChI=1S/C18H15O3P.C13H21NO.CO.Cr/c1-4-10-16(11-5-1)19-22(20-17-12-6-2-7-13-17)21-18-14-8-3-9-15-18;1-5-13(15)12-9-7-6-8-11(12)10(2)14(3)4;1-2;/h1-15H;6-10,13,15H,5H2,1-4H3;;/t;10-,13?;;/m.1../s1. The third-order valence-electron chi connectivity index (χ3n) is 5.74. The monoisotopic (exact) mass is 597 g/mol. The van der Waals surface area contributed by atoms with Gasteiger partial charge in [0.05, 0.1) is 6.10 Å². The van der Waals surface area contributed by atoms with Gasteiger partial charge in [-0.15, -0.1) is 0 Å². The Balaban J connectivity index is 0.000000392. The Hall–Kier alpha value is -3.17. The molecule has 2 atom stereocenters. The number of para-hydroxylation sites is 3. The third kappa shape index (κ3) is 11.9. The molecule has 210 valence electrons. The SMILES string of the molecule is CCC(O)c1ccccc1[C@@H](C)N(C)C.[C]=O.[Cr].c1ccc(OP(Oc2ccccc2)Oc2ccccc2)cc1. The molecule has 0 aliphatic carbocycles. The zero-order valence-electron chi connectivity index (χ0n) is 23.2. The van der Waals surface area contributed by atoms with E-state index in [1.807, 2.05) is 116 Å². The molecule has 4 aromatic rings. The van der Waals surface area contributed by atoms with Crippen molar-refractivity contribution in [2.75, 3.05) is 14.1 Å². The summed E-state index contributed by atoms with van der Waals surface area (Å²) in [6, 6.07) is 37.0. The van der Waals surface area contributed by atoms with Crippen LogP contribution in [0.3, 0.4) is 0 Å². The van der Waals surface area contributed by atoms with E-state index >= 15 is 0 Å². The number of rotatable bonds is 10. The van der Waals surface area contributed by atoms with Gasteiger partial charge in [-0.25, -0.2) is 0 Å². The average Bonchev–Trinajstić information content (AvgIpc) is 2.99. The van der Waals surface area contributed by atoms with E-state index in [1.165, 1.54) is 5.56 Å². The molecular weight excluding hydrogens is 561 g/mol. The number of hydrogen-bond acceptors (Lipinski definition) is 6. The van der Waals surface area contributed by atoms with Crippen LogP contribution in [-0.2, 0) is 22.2 Å². The van der Waals surface area contributed by atoms with Crippen molar-refractivity contribution in [3.63, 3.8) is 0 Å². The van der Waals surface area contributed by atoms with Gasteiger partial charge >= 0.3 is 8.60 Å². The van der Waals surface area contributed by atoms with Gasteiger partial charge in [0.25, 0.3) is 6.79 Å². The van der Waals surface area contributed by atoms with E-state index < -0.39 is 8.60 Å². The molecule has 4 rings (SSSR count). The Morgan fingerprint density at radius 3 is 1.32 bits per heavy atom. The van der Waals surface area contributed by atoms with Crippen LogP contribution in [0.5, 0.6) is 17.2 Å². The molecule has 0 heterocycles. The first kappa shape index (κ1) is 34.9. The Labute approximate surface area is 250 Å². The fourth-order valence-corrected chi connectivity index (χ4v) is 4.44. The van der Waals surface area contributed by atoms with E-state index in [1.54, 1.807) is 0 Å². The first-order valence-electron chi connectivity index (χ1n) is 12.6. The molecule has 8 heteroatoms. The molecule has 0 aliphatic heterocycles. The van der Waals surface area contributed by atoms with E-state index in [2.05, 4.69) is 38.8 Å². The Morgan fingerprint density at radius 1 is 0.675 bits per heavy atom. The second kappa shape index (κ2) is 19.8. The van der Waals surface area contributed by atoms with Crippen molar-refractivity contribution in [2.24, 2.45) is 0 Å². The largest absolute Gasteiger partial charge is 0.530 e. The Morgan fingerprint density at radius 2 is 1.00 bits per heavy atom. The van der Waals surface area contributed by atoms with Crippen LogP contribution in [-0.4, -0.2) is 30.9 Å². The Bertz CT molecular complexity index is 1090. The second-order valence-corrected chi connectivity index (χ2v) is 9.62. The van der Waals surface area contributed by atoms with Crippen LogP contribution >= 0.6 is 8.60 Å². The van der Waals surface area contributed by atoms with E-state index in [-0.39, 0.29) is 23.5 Å². The number of hydrogen-bond donors (Lipinski definition) is 1. The van der Waals surface area contributed by atoms with E-state index in [0.717, 1.165) is 12.0 Å². The average molecular weight is 598 g/mol. The van der Waals surface area contributed by atoms with Gasteiger partial charge in [-0.3, -0.25) is 4.79 Å². The van der Waals surface area contributed by atoms with Crippen LogP contribution < -0.4 is 13.6 Å². The molecule has 0 aromatic heterocycles. The minimum Gasteiger partial charge on any atom is -0.409 e.